The molecule has 19 heavy (non-hydrogen) atoms. The molecule has 106 valence electrons. The first-order valence-corrected chi connectivity index (χ1v) is 7.52. The minimum Gasteiger partial charge on any atom is -0.460 e. The van der Waals surface area contributed by atoms with Crippen LogP contribution in [0.4, 0.5) is 0 Å². The highest BCUT2D eigenvalue weighted by Crippen LogP contribution is 2.36. The van der Waals surface area contributed by atoms with Crippen molar-refractivity contribution in [2.24, 2.45) is 5.73 Å². The Labute approximate surface area is 119 Å². The van der Waals surface area contributed by atoms with Crippen LogP contribution in [-0.4, -0.2) is 23.4 Å². The highest BCUT2D eigenvalue weighted by atomic mass is 32.2. The Morgan fingerprint density at radius 3 is 2.21 bits per heavy atom. The second kappa shape index (κ2) is 7.56. The van der Waals surface area contributed by atoms with E-state index in [1.807, 2.05) is 25.1 Å². The van der Waals surface area contributed by atoms with Gasteiger partial charge in [0.2, 0.25) is 0 Å². The number of hydrogen-bond acceptors (Lipinski definition) is 4. The van der Waals surface area contributed by atoms with E-state index in [0.29, 0.717) is 5.25 Å². The van der Waals surface area contributed by atoms with Crippen molar-refractivity contribution in [3.63, 3.8) is 0 Å². The molecule has 1 aromatic carbocycles. The smallest absolute Gasteiger partial charge is 0.322 e. The lowest BCUT2D eigenvalue weighted by atomic mass is 10.1. The van der Waals surface area contributed by atoms with Gasteiger partial charge in [0.25, 0.3) is 0 Å². The fraction of sp³-hybridized carbons (Fsp3) is 0.533. The van der Waals surface area contributed by atoms with Gasteiger partial charge in [-0.2, -0.15) is 0 Å². The molecule has 0 radical (unpaired) electrons. The molecule has 0 aliphatic rings. The first kappa shape index (κ1) is 16.1. The van der Waals surface area contributed by atoms with E-state index in [-0.39, 0.29) is 17.3 Å². The van der Waals surface area contributed by atoms with Gasteiger partial charge in [-0.05, 0) is 24.7 Å². The number of benzene rings is 1. The van der Waals surface area contributed by atoms with Crippen LogP contribution in [0.3, 0.4) is 0 Å². The third-order valence-corrected chi connectivity index (χ3v) is 4.14. The zero-order chi connectivity index (χ0) is 14.4. The third kappa shape index (κ3) is 5.25. The molecule has 0 fully saturated rings. The van der Waals surface area contributed by atoms with Crippen LogP contribution in [0.2, 0.25) is 0 Å². The molecule has 0 amide bonds. The third-order valence-electron chi connectivity index (χ3n) is 2.65. The van der Waals surface area contributed by atoms with Gasteiger partial charge in [-0.3, -0.25) is 4.79 Å². The summed E-state index contributed by atoms with van der Waals surface area (Å²) in [4.78, 5) is 11.6. The molecule has 3 nitrogen and oxygen atoms in total. The number of esters is 1. The van der Waals surface area contributed by atoms with Crippen molar-refractivity contribution in [1.82, 2.24) is 0 Å². The van der Waals surface area contributed by atoms with Crippen LogP contribution in [-0.2, 0) is 9.53 Å². The van der Waals surface area contributed by atoms with Gasteiger partial charge >= 0.3 is 5.97 Å². The lowest BCUT2D eigenvalue weighted by molar-refractivity contribution is -0.149. The van der Waals surface area contributed by atoms with Crippen LogP contribution in [0.25, 0.3) is 0 Å². The zero-order valence-corrected chi connectivity index (χ0v) is 12.8. The summed E-state index contributed by atoms with van der Waals surface area (Å²) < 4.78 is 5.44. The molecular formula is C15H23NO2S. The molecule has 1 rings (SSSR count). The van der Waals surface area contributed by atoms with Gasteiger partial charge in [0.1, 0.15) is 12.1 Å². The van der Waals surface area contributed by atoms with E-state index in [4.69, 9.17) is 10.5 Å². The average molecular weight is 281 g/mol. The van der Waals surface area contributed by atoms with Crippen LogP contribution < -0.4 is 5.73 Å². The summed E-state index contributed by atoms with van der Waals surface area (Å²) in [7, 11) is 0. The maximum absolute atomic E-state index is 11.6. The fourth-order valence-corrected chi connectivity index (χ4v) is 2.93. The minimum atomic E-state index is -0.581. The van der Waals surface area contributed by atoms with Crippen molar-refractivity contribution in [1.29, 1.82) is 0 Å². The maximum Gasteiger partial charge on any atom is 0.322 e. The molecule has 0 aliphatic carbocycles. The average Bonchev–Trinajstić information content (AvgIpc) is 2.36. The quantitative estimate of drug-likeness (QED) is 0.814. The molecule has 0 saturated carbocycles. The molecule has 0 saturated heterocycles. The van der Waals surface area contributed by atoms with Crippen LogP contribution in [0.1, 0.15) is 38.5 Å². The van der Waals surface area contributed by atoms with Gasteiger partial charge in [-0.25, -0.2) is 0 Å². The van der Waals surface area contributed by atoms with Gasteiger partial charge < -0.3 is 10.5 Å². The Balaban J connectivity index is 2.82. The summed E-state index contributed by atoms with van der Waals surface area (Å²) in [6.45, 7) is 7.84. The Bertz CT molecular complexity index is 392. The van der Waals surface area contributed by atoms with Crippen molar-refractivity contribution in [2.45, 2.75) is 50.3 Å². The molecule has 1 aromatic rings. The van der Waals surface area contributed by atoms with Gasteiger partial charge in [-0.1, -0.05) is 44.2 Å². The predicted molar refractivity (Wildman–Crippen MR) is 81.1 cm³/mol. The number of ether oxygens (including phenoxy) is 1. The predicted octanol–water partition coefficient (Wildman–Crippen LogP) is 3.15. The summed E-state index contributed by atoms with van der Waals surface area (Å²) >= 11 is 1.80. The molecular weight excluding hydrogens is 258 g/mol. The second-order valence-electron chi connectivity index (χ2n) is 4.95. The van der Waals surface area contributed by atoms with Crippen LogP contribution in [0, 0.1) is 0 Å². The molecule has 0 heterocycles. The summed E-state index contributed by atoms with van der Waals surface area (Å²) in [5.74, 6) is -0.349. The SMILES string of the molecule is CC(C)S[C@H](c1ccccc1)[C@H](C)OC(=O)[C@H](C)N. The molecule has 0 bridgehead atoms. The van der Waals surface area contributed by atoms with Gasteiger partial charge in [0.05, 0.1) is 5.25 Å². The topological polar surface area (TPSA) is 52.3 Å². The van der Waals surface area contributed by atoms with Crippen molar-refractivity contribution >= 4 is 17.7 Å². The maximum atomic E-state index is 11.6. The van der Waals surface area contributed by atoms with E-state index in [9.17, 15) is 4.79 Å². The van der Waals surface area contributed by atoms with E-state index in [1.54, 1.807) is 18.7 Å². The fourth-order valence-electron chi connectivity index (χ4n) is 1.75. The summed E-state index contributed by atoms with van der Waals surface area (Å²) in [6.07, 6.45) is -0.201. The van der Waals surface area contributed by atoms with Crippen molar-refractivity contribution in [3.8, 4) is 0 Å². The van der Waals surface area contributed by atoms with Crippen molar-refractivity contribution < 1.29 is 9.53 Å². The summed E-state index contributed by atoms with van der Waals surface area (Å²) in [5.41, 5.74) is 6.72. The monoisotopic (exact) mass is 281 g/mol. The number of thioether (sulfide) groups is 1. The van der Waals surface area contributed by atoms with E-state index >= 15 is 0 Å². The molecule has 2 N–H and O–H groups in total. The molecule has 0 unspecified atom stereocenters. The molecule has 4 heteroatoms. The second-order valence-corrected chi connectivity index (χ2v) is 6.67. The number of rotatable bonds is 6. The number of carbonyl (C=O) groups excluding carboxylic acids is 1. The zero-order valence-electron chi connectivity index (χ0n) is 12.0. The Kier molecular flexibility index (Phi) is 6.38. The Hall–Kier alpha value is -1.00. The molecule has 3 atom stereocenters. The van der Waals surface area contributed by atoms with E-state index in [2.05, 4.69) is 26.0 Å². The molecule has 0 aromatic heterocycles. The highest BCUT2D eigenvalue weighted by Gasteiger charge is 2.25. The van der Waals surface area contributed by atoms with Gasteiger partial charge in [0, 0.05) is 0 Å². The lowest BCUT2D eigenvalue weighted by Crippen LogP contribution is -2.33. The molecule has 0 spiro atoms. The number of hydrogen-bond donors (Lipinski definition) is 1. The first-order chi connectivity index (χ1) is 8.91. The van der Waals surface area contributed by atoms with Crippen LogP contribution >= 0.6 is 11.8 Å². The first-order valence-electron chi connectivity index (χ1n) is 6.58. The van der Waals surface area contributed by atoms with E-state index in [0.717, 1.165) is 0 Å². The van der Waals surface area contributed by atoms with Gasteiger partial charge in [0.15, 0.2) is 0 Å². The summed E-state index contributed by atoms with van der Waals surface area (Å²) in [5, 5.41) is 0.588. The van der Waals surface area contributed by atoms with Crippen molar-refractivity contribution in [2.75, 3.05) is 0 Å². The Morgan fingerprint density at radius 1 is 1.16 bits per heavy atom. The number of nitrogens with two attached hydrogens (primary N) is 1. The van der Waals surface area contributed by atoms with E-state index in [1.165, 1.54) is 5.56 Å². The normalized spacial score (nSPS) is 15.9. The minimum absolute atomic E-state index is 0.129. The highest BCUT2D eigenvalue weighted by molar-refractivity contribution is 8.00. The standard InChI is InChI=1S/C15H23NO2S/c1-10(2)19-14(13-8-6-5-7-9-13)12(4)18-15(17)11(3)16/h5-12,14H,16H2,1-4H3/t11-,12-,14-/m0/s1. The van der Waals surface area contributed by atoms with Crippen LogP contribution in [0.5, 0.6) is 0 Å². The van der Waals surface area contributed by atoms with E-state index < -0.39 is 6.04 Å². The number of carbonyl (C=O) groups is 1. The lowest BCUT2D eigenvalue weighted by Gasteiger charge is -2.26. The summed E-state index contributed by atoms with van der Waals surface area (Å²) in [6, 6.07) is 9.54. The largest absolute Gasteiger partial charge is 0.460 e. The molecule has 0 aliphatic heterocycles. The van der Waals surface area contributed by atoms with Crippen LogP contribution in [0.15, 0.2) is 30.3 Å². The van der Waals surface area contributed by atoms with Crippen molar-refractivity contribution in [3.05, 3.63) is 35.9 Å². The van der Waals surface area contributed by atoms with Gasteiger partial charge in [-0.15, -0.1) is 11.8 Å². The Morgan fingerprint density at radius 2 is 1.74 bits per heavy atom.